The van der Waals surface area contributed by atoms with Crippen LogP contribution in [0.25, 0.3) is 0 Å². The van der Waals surface area contributed by atoms with E-state index in [1.807, 2.05) is 34.6 Å². The van der Waals surface area contributed by atoms with E-state index < -0.39 is 35.7 Å². The number of ether oxygens (including phenoxy) is 1. The Labute approximate surface area is 150 Å². The van der Waals surface area contributed by atoms with Crippen molar-refractivity contribution in [2.24, 2.45) is 11.3 Å². The van der Waals surface area contributed by atoms with Crippen LogP contribution in [0.4, 0.5) is 4.79 Å². The summed E-state index contributed by atoms with van der Waals surface area (Å²) in [4.78, 5) is 36.0. The lowest BCUT2D eigenvalue weighted by molar-refractivity contribution is -0.142. The molecule has 0 radical (unpaired) electrons. The molecule has 2 atom stereocenters. The second-order valence-corrected chi connectivity index (χ2v) is 8.99. The largest absolute Gasteiger partial charge is 0.480 e. The first-order valence-corrected chi connectivity index (χ1v) is 8.63. The third kappa shape index (κ3) is 11.4. The summed E-state index contributed by atoms with van der Waals surface area (Å²) < 4.78 is 5.20. The molecule has 3 N–H and O–H groups in total. The second-order valence-electron chi connectivity index (χ2n) is 8.99. The maximum Gasteiger partial charge on any atom is 0.408 e. The molecule has 7 nitrogen and oxygen atoms in total. The summed E-state index contributed by atoms with van der Waals surface area (Å²) in [6, 6.07) is -1.86. The molecule has 0 aliphatic heterocycles. The normalized spacial score (nSPS) is 14.6. The summed E-state index contributed by atoms with van der Waals surface area (Å²) in [7, 11) is 0. The lowest BCUT2D eigenvalue weighted by atomic mass is 9.87. The van der Waals surface area contributed by atoms with Crippen LogP contribution < -0.4 is 10.6 Å². The Morgan fingerprint density at radius 3 is 1.84 bits per heavy atom. The van der Waals surface area contributed by atoms with Crippen LogP contribution >= 0.6 is 0 Å². The topological polar surface area (TPSA) is 105 Å². The number of alkyl carbamates (subject to hydrolysis) is 1. The molecule has 0 rings (SSSR count). The molecular weight excluding hydrogens is 324 g/mol. The first-order chi connectivity index (χ1) is 11.1. The minimum absolute atomic E-state index is 0.112. The summed E-state index contributed by atoms with van der Waals surface area (Å²) in [6.07, 6.45) is -0.0328. The second kappa shape index (κ2) is 9.06. The van der Waals surface area contributed by atoms with E-state index in [-0.39, 0.29) is 11.3 Å². The highest BCUT2D eigenvalue weighted by Gasteiger charge is 2.31. The lowest BCUT2D eigenvalue weighted by Gasteiger charge is -2.28. The number of carbonyl (C=O) groups excluding carboxylic acids is 2. The van der Waals surface area contributed by atoms with Gasteiger partial charge in [-0.15, -0.1) is 0 Å². The van der Waals surface area contributed by atoms with Gasteiger partial charge in [0.25, 0.3) is 0 Å². The smallest absolute Gasteiger partial charge is 0.408 e. The first-order valence-electron chi connectivity index (χ1n) is 8.63. The van der Waals surface area contributed by atoms with Crippen molar-refractivity contribution in [2.75, 3.05) is 0 Å². The summed E-state index contributed by atoms with van der Waals surface area (Å²) in [5.41, 5.74) is -0.929. The molecule has 0 fully saturated rings. The van der Waals surface area contributed by atoms with Crippen LogP contribution in [-0.4, -0.2) is 40.8 Å². The molecule has 0 aromatic rings. The quantitative estimate of drug-likeness (QED) is 0.649. The minimum Gasteiger partial charge on any atom is -0.480 e. The van der Waals surface area contributed by atoms with E-state index in [1.165, 1.54) is 0 Å². The van der Waals surface area contributed by atoms with Gasteiger partial charge in [0, 0.05) is 0 Å². The predicted octanol–water partition coefficient (Wildman–Crippen LogP) is 2.93. The number of aliphatic carboxylic acids is 1. The van der Waals surface area contributed by atoms with Crippen LogP contribution in [0.1, 0.15) is 68.2 Å². The molecule has 7 heteroatoms. The Hall–Kier alpha value is -1.79. The lowest BCUT2D eigenvalue weighted by Crippen LogP contribution is -2.53. The number of rotatable bonds is 7. The van der Waals surface area contributed by atoms with E-state index in [0.29, 0.717) is 12.8 Å². The molecule has 0 aliphatic rings. The van der Waals surface area contributed by atoms with Gasteiger partial charge in [-0.2, -0.15) is 0 Å². The van der Waals surface area contributed by atoms with Crippen molar-refractivity contribution in [2.45, 2.75) is 85.9 Å². The molecule has 25 heavy (non-hydrogen) atoms. The third-order valence-corrected chi connectivity index (χ3v) is 3.15. The monoisotopic (exact) mass is 358 g/mol. The van der Waals surface area contributed by atoms with Gasteiger partial charge in [0.15, 0.2) is 0 Å². The van der Waals surface area contributed by atoms with E-state index in [9.17, 15) is 19.5 Å². The Bertz CT molecular complexity index is 475. The van der Waals surface area contributed by atoms with E-state index >= 15 is 0 Å². The number of hydrogen-bond acceptors (Lipinski definition) is 4. The summed E-state index contributed by atoms with van der Waals surface area (Å²) in [5.74, 6) is -1.50. The zero-order chi connectivity index (χ0) is 20.0. The zero-order valence-corrected chi connectivity index (χ0v) is 16.7. The SMILES string of the molecule is CC(C)CC(NC(=O)C(CC(C)(C)C)NC(=O)OC(C)(C)C)C(=O)O. The number of hydrogen-bond donors (Lipinski definition) is 3. The molecule has 0 aromatic carbocycles. The van der Waals surface area contributed by atoms with Crippen LogP contribution in [0.5, 0.6) is 0 Å². The fourth-order valence-electron chi connectivity index (χ4n) is 2.24. The van der Waals surface area contributed by atoms with Gasteiger partial charge in [-0.1, -0.05) is 34.6 Å². The van der Waals surface area contributed by atoms with Crippen LogP contribution in [-0.2, 0) is 14.3 Å². The Morgan fingerprint density at radius 1 is 0.960 bits per heavy atom. The van der Waals surface area contributed by atoms with Gasteiger partial charge in [-0.05, 0) is 44.9 Å². The number of nitrogens with one attached hydrogen (secondary N) is 2. The van der Waals surface area contributed by atoms with Crippen molar-refractivity contribution in [3.63, 3.8) is 0 Å². The molecule has 0 aromatic heterocycles. The fourth-order valence-corrected chi connectivity index (χ4v) is 2.24. The van der Waals surface area contributed by atoms with Crippen molar-refractivity contribution in [3.8, 4) is 0 Å². The maximum absolute atomic E-state index is 12.6. The molecule has 0 aliphatic carbocycles. The molecule has 0 saturated carbocycles. The molecule has 0 saturated heterocycles. The number of amides is 2. The number of carbonyl (C=O) groups is 3. The predicted molar refractivity (Wildman–Crippen MR) is 96.3 cm³/mol. The standard InChI is InChI=1S/C18H34N2O5/c1-11(2)9-12(15(22)23)19-14(21)13(10-17(3,4)5)20-16(24)25-18(6,7)8/h11-13H,9-10H2,1-8H3,(H,19,21)(H,20,24)(H,22,23). The van der Waals surface area contributed by atoms with Gasteiger partial charge in [0.2, 0.25) is 5.91 Å². The van der Waals surface area contributed by atoms with Crippen LogP contribution in [0.2, 0.25) is 0 Å². The number of carboxylic acids is 1. The van der Waals surface area contributed by atoms with E-state index in [4.69, 9.17) is 4.74 Å². The molecule has 2 amide bonds. The highest BCUT2D eigenvalue weighted by molar-refractivity contribution is 5.89. The third-order valence-electron chi connectivity index (χ3n) is 3.15. The molecule has 146 valence electrons. The van der Waals surface area contributed by atoms with Crippen molar-refractivity contribution in [3.05, 3.63) is 0 Å². The zero-order valence-electron chi connectivity index (χ0n) is 16.7. The average molecular weight is 358 g/mol. The van der Waals surface area contributed by atoms with Crippen molar-refractivity contribution in [1.29, 1.82) is 0 Å². The van der Waals surface area contributed by atoms with Crippen molar-refractivity contribution >= 4 is 18.0 Å². The van der Waals surface area contributed by atoms with E-state index in [1.54, 1.807) is 20.8 Å². The Balaban J connectivity index is 5.15. The first kappa shape index (κ1) is 23.2. The molecular formula is C18H34N2O5. The van der Waals surface area contributed by atoms with Gasteiger partial charge >= 0.3 is 12.1 Å². The van der Waals surface area contributed by atoms with E-state index in [0.717, 1.165) is 0 Å². The molecule has 2 unspecified atom stereocenters. The van der Waals surface area contributed by atoms with Crippen LogP contribution in [0.15, 0.2) is 0 Å². The highest BCUT2D eigenvalue weighted by atomic mass is 16.6. The maximum atomic E-state index is 12.6. The van der Waals surface area contributed by atoms with Crippen molar-refractivity contribution in [1.82, 2.24) is 10.6 Å². The molecule has 0 heterocycles. The highest BCUT2D eigenvalue weighted by Crippen LogP contribution is 2.21. The average Bonchev–Trinajstić information content (AvgIpc) is 2.32. The van der Waals surface area contributed by atoms with Gasteiger partial charge in [-0.25, -0.2) is 9.59 Å². The van der Waals surface area contributed by atoms with E-state index in [2.05, 4.69) is 10.6 Å². The summed E-state index contributed by atoms with van der Waals surface area (Å²) in [6.45, 7) is 14.8. The Kier molecular flexibility index (Phi) is 8.41. The van der Waals surface area contributed by atoms with Crippen LogP contribution in [0.3, 0.4) is 0 Å². The molecule has 0 bridgehead atoms. The minimum atomic E-state index is -1.09. The summed E-state index contributed by atoms with van der Waals surface area (Å²) in [5, 5.41) is 14.4. The Morgan fingerprint density at radius 2 is 1.48 bits per heavy atom. The molecule has 0 spiro atoms. The van der Waals surface area contributed by atoms with Gasteiger partial charge in [-0.3, -0.25) is 4.79 Å². The number of carboxylic acid groups (broad SMARTS) is 1. The fraction of sp³-hybridized carbons (Fsp3) is 0.833. The summed E-state index contributed by atoms with van der Waals surface area (Å²) >= 11 is 0. The van der Waals surface area contributed by atoms with Gasteiger partial charge < -0.3 is 20.5 Å². The van der Waals surface area contributed by atoms with Gasteiger partial charge in [0.05, 0.1) is 0 Å². The van der Waals surface area contributed by atoms with Crippen molar-refractivity contribution < 1.29 is 24.2 Å². The van der Waals surface area contributed by atoms with Gasteiger partial charge in [0.1, 0.15) is 17.7 Å². The van der Waals surface area contributed by atoms with Crippen LogP contribution in [0, 0.1) is 11.3 Å².